The Hall–Kier alpha value is -7.91. The summed E-state index contributed by atoms with van der Waals surface area (Å²) in [6, 6.07) is 64.2. The first-order chi connectivity index (χ1) is 31.7. The monoisotopic (exact) mass is 854 g/mol. The second-order valence-electron chi connectivity index (χ2n) is 16.1. The summed E-state index contributed by atoms with van der Waals surface area (Å²) in [7, 11) is 0. The fourth-order valence-electron chi connectivity index (χ4n) is 9.71. The maximum Gasteiger partial charge on any atom is 0.164 e. The fourth-order valence-corrected chi connectivity index (χ4v) is 11.8. The van der Waals surface area contributed by atoms with Crippen molar-refractivity contribution >= 4 is 50.6 Å². The molecule has 1 aliphatic heterocycles. The average molecular weight is 855 g/mol. The number of nitrogens with zero attached hydrogens (tertiary/aromatic N) is 6. The van der Waals surface area contributed by atoms with E-state index < -0.39 is 5.41 Å². The van der Waals surface area contributed by atoms with E-state index in [-0.39, 0.29) is 0 Å². The Labute approximate surface area is 377 Å². The molecule has 0 saturated heterocycles. The summed E-state index contributed by atoms with van der Waals surface area (Å²) in [5, 5.41) is 5.62. The summed E-state index contributed by atoms with van der Waals surface area (Å²) in [5.74, 6) is 1.81. The van der Waals surface area contributed by atoms with Crippen molar-refractivity contribution in [2.24, 2.45) is 0 Å². The molecule has 0 N–H and O–H groups in total. The smallest absolute Gasteiger partial charge is 0.164 e. The van der Waals surface area contributed by atoms with Crippen LogP contribution in [0.5, 0.6) is 0 Å². The van der Waals surface area contributed by atoms with Crippen molar-refractivity contribution in [1.82, 2.24) is 24.9 Å². The van der Waals surface area contributed by atoms with Crippen LogP contribution in [0.4, 0.5) is 17.1 Å². The van der Waals surface area contributed by atoms with E-state index in [0.717, 1.165) is 67.0 Å². The molecule has 13 rings (SSSR count). The van der Waals surface area contributed by atoms with Crippen LogP contribution in [0, 0.1) is 0 Å². The first-order valence-electron chi connectivity index (χ1n) is 21.2. The highest BCUT2D eigenvalue weighted by molar-refractivity contribution is 7.21. The van der Waals surface area contributed by atoms with Crippen LogP contribution in [0.1, 0.15) is 22.3 Å². The Kier molecular flexibility index (Phi) is 8.37. The molecule has 0 saturated carbocycles. The lowest BCUT2D eigenvalue weighted by molar-refractivity contribution is 0.757. The summed E-state index contributed by atoms with van der Waals surface area (Å²) in [6.45, 7) is 0. The SMILES string of the molecule is c1ccc(-c2ccc(-c3nc(-c4ccc(-c5ccccn5)cc4)nc(-c4ccc(N5c6ccccc6C6(c7cc8cccnc8cc75)c5ccsc5-c5sccc56)cc4)n3)cc2)cc1. The number of thiophene rings is 2. The standard InChI is InChI=1S/C56H34N6S2/c1-2-9-35(10-3-1)36-15-19-38(20-16-36)53-59-54(39-21-17-37(18-22-39)47-13-6-7-29-57-47)61-55(60-53)40-23-25-42(26-24-40)62-49-14-5-4-12-43(49)56(44-27-31-63-51(44)52-45(56)28-32-64-52)46-33-41-11-8-30-58-48(41)34-50(46)62/h1-34H. The van der Waals surface area contributed by atoms with Crippen molar-refractivity contribution < 1.29 is 0 Å². The van der Waals surface area contributed by atoms with Gasteiger partial charge < -0.3 is 4.90 Å². The molecule has 8 heteroatoms. The van der Waals surface area contributed by atoms with Gasteiger partial charge in [-0.3, -0.25) is 9.97 Å². The zero-order chi connectivity index (χ0) is 42.2. The fraction of sp³-hybridized carbons (Fsp3) is 0.0179. The first kappa shape index (κ1) is 36.7. The molecule has 1 aliphatic carbocycles. The normalized spacial score (nSPS) is 13.1. The molecule has 0 atom stereocenters. The van der Waals surface area contributed by atoms with Gasteiger partial charge in [0.15, 0.2) is 17.5 Å². The van der Waals surface area contributed by atoms with Gasteiger partial charge in [-0.2, -0.15) is 0 Å². The summed E-state index contributed by atoms with van der Waals surface area (Å²) in [5.41, 5.74) is 16.0. The molecule has 64 heavy (non-hydrogen) atoms. The third-order valence-electron chi connectivity index (χ3n) is 12.6. The van der Waals surface area contributed by atoms with Crippen molar-refractivity contribution in [2.75, 3.05) is 4.90 Å². The van der Waals surface area contributed by atoms with Crippen molar-refractivity contribution in [3.05, 3.63) is 227 Å². The van der Waals surface area contributed by atoms with Crippen LogP contribution in [0.3, 0.4) is 0 Å². The summed E-state index contributed by atoms with van der Waals surface area (Å²) >= 11 is 3.68. The Morgan fingerprint density at radius 1 is 0.391 bits per heavy atom. The molecular weight excluding hydrogens is 821 g/mol. The summed E-state index contributed by atoms with van der Waals surface area (Å²) in [4.78, 5) is 29.9. The van der Waals surface area contributed by atoms with Crippen molar-refractivity contribution in [3.63, 3.8) is 0 Å². The molecule has 11 aromatic rings. The molecule has 0 radical (unpaired) electrons. The molecule has 6 nitrogen and oxygen atoms in total. The van der Waals surface area contributed by atoms with Crippen LogP contribution < -0.4 is 4.90 Å². The highest BCUT2D eigenvalue weighted by atomic mass is 32.1. The molecule has 0 amide bonds. The lowest BCUT2D eigenvalue weighted by Gasteiger charge is -2.44. The topological polar surface area (TPSA) is 67.7 Å². The van der Waals surface area contributed by atoms with Crippen LogP contribution >= 0.6 is 22.7 Å². The first-order valence-corrected chi connectivity index (χ1v) is 23.0. The minimum absolute atomic E-state index is 0.455. The van der Waals surface area contributed by atoms with E-state index in [1.807, 2.05) is 65.4 Å². The number of pyridine rings is 2. The minimum Gasteiger partial charge on any atom is -0.310 e. The van der Waals surface area contributed by atoms with E-state index >= 15 is 0 Å². The van der Waals surface area contributed by atoms with Gasteiger partial charge in [-0.25, -0.2) is 15.0 Å². The van der Waals surface area contributed by atoms with Gasteiger partial charge in [0.25, 0.3) is 0 Å². The molecule has 1 spiro atoms. The second-order valence-corrected chi connectivity index (χ2v) is 17.9. The zero-order valence-electron chi connectivity index (χ0n) is 34.1. The summed E-state index contributed by atoms with van der Waals surface area (Å²) < 4.78 is 0. The highest BCUT2D eigenvalue weighted by Gasteiger charge is 2.53. The Bertz CT molecular complexity index is 3400. The zero-order valence-corrected chi connectivity index (χ0v) is 35.8. The lowest BCUT2D eigenvalue weighted by Crippen LogP contribution is -2.35. The number of hydrogen-bond acceptors (Lipinski definition) is 8. The molecule has 300 valence electrons. The average Bonchev–Trinajstić information content (AvgIpc) is 4.12. The van der Waals surface area contributed by atoms with Crippen LogP contribution in [-0.2, 0) is 5.41 Å². The Morgan fingerprint density at radius 2 is 0.953 bits per heavy atom. The predicted octanol–water partition coefficient (Wildman–Crippen LogP) is 14.4. The number of aromatic nitrogens is 5. The number of hydrogen-bond donors (Lipinski definition) is 0. The van der Waals surface area contributed by atoms with Crippen LogP contribution in [0.25, 0.3) is 77.2 Å². The summed E-state index contributed by atoms with van der Waals surface area (Å²) in [6.07, 6.45) is 3.70. The van der Waals surface area contributed by atoms with Gasteiger partial charge in [-0.1, -0.05) is 109 Å². The van der Waals surface area contributed by atoms with E-state index in [1.54, 1.807) is 0 Å². The van der Waals surface area contributed by atoms with E-state index in [0.29, 0.717) is 17.5 Å². The third-order valence-corrected chi connectivity index (χ3v) is 14.6. The molecule has 0 unspecified atom stereocenters. The van der Waals surface area contributed by atoms with Crippen molar-refractivity contribution in [2.45, 2.75) is 5.41 Å². The number of fused-ring (bicyclic) bond motifs is 10. The van der Waals surface area contributed by atoms with Crippen molar-refractivity contribution in [3.8, 4) is 66.3 Å². The number of anilines is 3. The number of para-hydroxylation sites is 1. The van der Waals surface area contributed by atoms with Crippen LogP contribution in [0.15, 0.2) is 205 Å². The van der Waals surface area contributed by atoms with E-state index in [2.05, 4.69) is 172 Å². The van der Waals surface area contributed by atoms with Gasteiger partial charge in [0.05, 0.1) is 28.0 Å². The van der Waals surface area contributed by atoms with Gasteiger partial charge in [0.2, 0.25) is 0 Å². The third kappa shape index (κ3) is 5.66. The maximum atomic E-state index is 5.14. The quantitative estimate of drug-likeness (QED) is 0.166. The predicted molar refractivity (Wildman–Crippen MR) is 261 cm³/mol. The van der Waals surface area contributed by atoms with Crippen LogP contribution in [0.2, 0.25) is 0 Å². The molecule has 6 heterocycles. The number of benzene rings is 6. The molecule has 0 fully saturated rings. The Morgan fingerprint density at radius 3 is 1.61 bits per heavy atom. The molecular formula is C56H34N6S2. The lowest BCUT2D eigenvalue weighted by atomic mass is 9.65. The molecule has 5 aromatic heterocycles. The van der Waals surface area contributed by atoms with Gasteiger partial charge >= 0.3 is 0 Å². The van der Waals surface area contributed by atoms with Gasteiger partial charge in [-0.15, -0.1) is 22.7 Å². The number of rotatable bonds is 6. The van der Waals surface area contributed by atoms with E-state index in [1.165, 1.54) is 32.0 Å². The van der Waals surface area contributed by atoms with Gasteiger partial charge in [-0.05, 0) is 117 Å². The van der Waals surface area contributed by atoms with Gasteiger partial charge in [0, 0.05) is 55.5 Å². The van der Waals surface area contributed by atoms with E-state index in [9.17, 15) is 0 Å². The molecule has 6 aromatic carbocycles. The maximum absolute atomic E-state index is 5.14. The van der Waals surface area contributed by atoms with Crippen LogP contribution in [-0.4, -0.2) is 24.9 Å². The van der Waals surface area contributed by atoms with Crippen molar-refractivity contribution in [1.29, 1.82) is 0 Å². The molecule has 0 bridgehead atoms. The highest BCUT2D eigenvalue weighted by Crippen LogP contribution is 2.65. The Balaban J connectivity index is 0.944. The van der Waals surface area contributed by atoms with E-state index in [4.69, 9.17) is 19.9 Å². The minimum atomic E-state index is -0.455. The second kappa shape index (κ2) is 14.6. The molecule has 2 aliphatic rings. The van der Waals surface area contributed by atoms with Gasteiger partial charge in [0.1, 0.15) is 0 Å². The largest absolute Gasteiger partial charge is 0.310 e.